The number of carbonyl (C=O) groups is 1. The first-order chi connectivity index (χ1) is 11.3. The number of amides is 1. The van der Waals surface area contributed by atoms with Crippen molar-refractivity contribution in [1.29, 1.82) is 0 Å². The predicted octanol–water partition coefficient (Wildman–Crippen LogP) is 2.49. The first-order valence-electron chi connectivity index (χ1n) is 8.74. The van der Waals surface area contributed by atoms with Crippen molar-refractivity contribution in [3.05, 3.63) is 30.0 Å². The molecule has 2 aliphatic carbocycles. The Hall–Kier alpha value is -1.88. The highest BCUT2D eigenvalue weighted by Gasteiger charge is 2.31. The molecule has 23 heavy (non-hydrogen) atoms. The molecule has 2 saturated carbocycles. The number of para-hydroxylation sites is 1. The zero-order valence-corrected chi connectivity index (χ0v) is 13.3. The highest BCUT2D eigenvalue weighted by molar-refractivity contribution is 5.81. The Balaban J connectivity index is 1.35. The highest BCUT2D eigenvalue weighted by Crippen LogP contribution is 2.27. The van der Waals surface area contributed by atoms with Crippen LogP contribution in [0.4, 0.5) is 0 Å². The topological polar surface area (TPSA) is 69.8 Å². The summed E-state index contributed by atoms with van der Waals surface area (Å²) in [6, 6.07) is 7.17. The molecule has 0 aliphatic heterocycles. The van der Waals surface area contributed by atoms with Gasteiger partial charge in [-0.1, -0.05) is 24.6 Å². The predicted molar refractivity (Wildman–Crippen MR) is 89.8 cm³/mol. The van der Waals surface area contributed by atoms with Gasteiger partial charge in [0.05, 0.1) is 11.7 Å². The zero-order valence-electron chi connectivity index (χ0n) is 13.3. The van der Waals surface area contributed by atoms with Gasteiger partial charge >= 0.3 is 0 Å². The lowest BCUT2D eigenvalue weighted by molar-refractivity contribution is -0.126. The summed E-state index contributed by atoms with van der Waals surface area (Å²) in [4.78, 5) is 12.3. The third-order valence-corrected chi connectivity index (χ3v) is 5.11. The van der Waals surface area contributed by atoms with Crippen LogP contribution in [-0.4, -0.2) is 28.2 Å². The summed E-state index contributed by atoms with van der Waals surface area (Å²) >= 11 is 0. The SMILES string of the molecule is O=C(NC1CC1)[C@H]1CCC[C@H](NCc2cccc3cn[nH]c23)C1. The number of aromatic amines is 1. The molecular weight excluding hydrogens is 288 g/mol. The number of rotatable bonds is 5. The van der Waals surface area contributed by atoms with Crippen molar-refractivity contribution in [3.63, 3.8) is 0 Å². The standard InChI is InChI=1S/C18H24N4O/c23-18(21-15-7-8-15)12-3-2-6-16(9-12)19-10-13-4-1-5-14-11-20-22-17(13)14/h1,4-5,11-12,15-16,19H,2-3,6-10H2,(H,20,22)(H,21,23)/t12-,16-/m0/s1. The minimum Gasteiger partial charge on any atom is -0.353 e. The molecule has 0 bridgehead atoms. The van der Waals surface area contributed by atoms with Gasteiger partial charge in [-0.15, -0.1) is 0 Å². The Morgan fingerprint density at radius 1 is 1.22 bits per heavy atom. The molecule has 5 nitrogen and oxygen atoms in total. The quantitative estimate of drug-likeness (QED) is 0.794. The van der Waals surface area contributed by atoms with Gasteiger partial charge in [0.2, 0.25) is 5.91 Å². The van der Waals surface area contributed by atoms with E-state index in [9.17, 15) is 4.79 Å². The maximum absolute atomic E-state index is 12.3. The van der Waals surface area contributed by atoms with Gasteiger partial charge in [0.25, 0.3) is 0 Å². The minimum absolute atomic E-state index is 0.185. The second kappa shape index (κ2) is 6.32. The summed E-state index contributed by atoms with van der Waals surface area (Å²) in [6.45, 7) is 0.821. The molecule has 4 rings (SSSR count). The molecule has 122 valence electrons. The Bertz CT molecular complexity index is 691. The van der Waals surface area contributed by atoms with Crippen molar-refractivity contribution >= 4 is 16.8 Å². The lowest BCUT2D eigenvalue weighted by Gasteiger charge is -2.29. The molecule has 0 radical (unpaired) electrons. The highest BCUT2D eigenvalue weighted by atomic mass is 16.2. The Morgan fingerprint density at radius 3 is 3.00 bits per heavy atom. The Labute approximate surface area is 136 Å². The lowest BCUT2D eigenvalue weighted by atomic mass is 9.85. The van der Waals surface area contributed by atoms with Gasteiger partial charge in [0, 0.05) is 29.9 Å². The van der Waals surface area contributed by atoms with E-state index in [1.165, 1.54) is 5.56 Å². The summed E-state index contributed by atoms with van der Waals surface area (Å²) in [5.74, 6) is 0.458. The number of H-pyrrole nitrogens is 1. The number of fused-ring (bicyclic) bond motifs is 1. The maximum atomic E-state index is 12.3. The number of nitrogens with zero attached hydrogens (tertiary/aromatic N) is 1. The van der Waals surface area contributed by atoms with Crippen molar-refractivity contribution in [1.82, 2.24) is 20.8 Å². The van der Waals surface area contributed by atoms with E-state index >= 15 is 0 Å². The molecule has 2 fully saturated rings. The average Bonchev–Trinajstić information content (AvgIpc) is 3.25. The molecule has 0 spiro atoms. The third kappa shape index (κ3) is 3.39. The first-order valence-corrected chi connectivity index (χ1v) is 8.74. The number of hydrogen-bond acceptors (Lipinski definition) is 3. The second-order valence-corrected chi connectivity index (χ2v) is 6.98. The molecule has 0 unspecified atom stereocenters. The van der Waals surface area contributed by atoms with Crippen molar-refractivity contribution in [3.8, 4) is 0 Å². The minimum atomic E-state index is 0.185. The van der Waals surface area contributed by atoms with Gasteiger partial charge in [-0.05, 0) is 37.7 Å². The van der Waals surface area contributed by atoms with Crippen LogP contribution in [0.15, 0.2) is 24.4 Å². The number of aromatic nitrogens is 2. The van der Waals surface area contributed by atoms with Gasteiger partial charge in [0.15, 0.2) is 0 Å². The summed E-state index contributed by atoms with van der Waals surface area (Å²) in [6.07, 6.45) is 8.46. The van der Waals surface area contributed by atoms with E-state index in [0.29, 0.717) is 12.1 Å². The third-order valence-electron chi connectivity index (χ3n) is 5.11. The van der Waals surface area contributed by atoms with Crippen LogP contribution in [0.3, 0.4) is 0 Å². The summed E-state index contributed by atoms with van der Waals surface area (Å²) in [7, 11) is 0. The van der Waals surface area contributed by atoms with E-state index in [4.69, 9.17) is 0 Å². The molecule has 3 N–H and O–H groups in total. The van der Waals surface area contributed by atoms with E-state index in [1.807, 2.05) is 6.20 Å². The van der Waals surface area contributed by atoms with Crippen LogP contribution >= 0.6 is 0 Å². The molecular formula is C18H24N4O. The van der Waals surface area contributed by atoms with Crippen LogP contribution in [0.5, 0.6) is 0 Å². The van der Waals surface area contributed by atoms with Crippen LogP contribution in [0, 0.1) is 5.92 Å². The van der Waals surface area contributed by atoms with Crippen molar-refractivity contribution in [2.24, 2.45) is 5.92 Å². The molecule has 0 saturated heterocycles. The Kier molecular flexibility index (Phi) is 4.04. The van der Waals surface area contributed by atoms with Gasteiger partial charge in [0.1, 0.15) is 0 Å². The number of nitrogens with one attached hydrogen (secondary N) is 3. The summed E-state index contributed by atoms with van der Waals surface area (Å²) in [5, 5.41) is 15.1. The van der Waals surface area contributed by atoms with E-state index in [0.717, 1.165) is 56.0 Å². The van der Waals surface area contributed by atoms with Crippen molar-refractivity contribution in [2.75, 3.05) is 0 Å². The molecule has 1 aromatic heterocycles. The van der Waals surface area contributed by atoms with Crippen LogP contribution in [0.25, 0.3) is 10.9 Å². The molecule has 2 aromatic rings. The Morgan fingerprint density at radius 2 is 2.13 bits per heavy atom. The molecule has 1 aromatic carbocycles. The normalized spacial score (nSPS) is 24.7. The van der Waals surface area contributed by atoms with E-state index in [1.54, 1.807) is 0 Å². The van der Waals surface area contributed by atoms with Crippen LogP contribution < -0.4 is 10.6 Å². The van der Waals surface area contributed by atoms with Gasteiger partial charge < -0.3 is 10.6 Å². The molecule has 1 heterocycles. The number of hydrogen-bond donors (Lipinski definition) is 3. The van der Waals surface area contributed by atoms with Crippen LogP contribution in [0.1, 0.15) is 44.1 Å². The number of benzene rings is 1. The fraction of sp³-hybridized carbons (Fsp3) is 0.556. The fourth-order valence-corrected chi connectivity index (χ4v) is 3.59. The number of carbonyl (C=O) groups excluding carboxylic acids is 1. The monoisotopic (exact) mass is 312 g/mol. The molecule has 5 heteroatoms. The van der Waals surface area contributed by atoms with Crippen LogP contribution in [-0.2, 0) is 11.3 Å². The van der Waals surface area contributed by atoms with Gasteiger partial charge in [-0.25, -0.2) is 0 Å². The maximum Gasteiger partial charge on any atom is 0.223 e. The van der Waals surface area contributed by atoms with Gasteiger partial charge in [-0.2, -0.15) is 5.10 Å². The first kappa shape index (κ1) is 14.7. The van der Waals surface area contributed by atoms with Gasteiger partial charge in [-0.3, -0.25) is 9.89 Å². The largest absolute Gasteiger partial charge is 0.353 e. The average molecular weight is 312 g/mol. The lowest BCUT2D eigenvalue weighted by Crippen LogP contribution is -2.40. The smallest absolute Gasteiger partial charge is 0.223 e. The molecule has 2 aliphatic rings. The van der Waals surface area contributed by atoms with Crippen molar-refractivity contribution in [2.45, 2.75) is 57.2 Å². The second-order valence-electron chi connectivity index (χ2n) is 6.98. The molecule has 1 amide bonds. The van der Waals surface area contributed by atoms with E-state index < -0.39 is 0 Å². The summed E-state index contributed by atoms with van der Waals surface area (Å²) < 4.78 is 0. The van der Waals surface area contributed by atoms with E-state index in [-0.39, 0.29) is 11.8 Å². The fourth-order valence-electron chi connectivity index (χ4n) is 3.59. The summed E-state index contributed by atoms with van der Waals surface area (Å²) in [5.41, 5.74) is 2.35. The van der Waals surface area contributed by atoms with Crippen molar-refractivity contribution < 1.29 is 4.79 Å². The molecule has 2 atom stereocenters. The van der Waals surface area contributed by atoms with E-state index in [2.05, 4.69) is 39.0 Å². The van der Waals surface area contributed by atoms with Crippen LogP contribution in [0.2, 0.25) is 0 Å². The zero-order chi connectivity index (χ0) is 15.6.